The van der Waals surface area contributed by atoms with Gasteiger partial charge in [-0.15, -0.1) is 23.7 Å². The molecule has 3 nitrogen and oxygen atoms in total. The SMILES string of the molecule is CC(C(=O)N1CC2CCC(N)C2C1)c1ccc(Cl)s1.Cl. The summed E-state index contributed by atoms with van der Waals surface area (Å²) in [5.74, 6) is 1.27. The maximum Gasteiger partial charge on any atom is 0.230 e. The van der Waals surface area contributed by atoms with Crippen molar-refractivity contribution < 1.29 is 4.79 Å². The number of halogens is 2. The van der Waals surface area contributed by atoms with E-state index in [0.717, 1.165) is 28.7 Å². The van der Waals surface area contributed by atoms with Crippen molar-refractivity contribution in [2.75, 3.05) is 13.1 Å². The molecule has 0 radical (unpaired) electrons. The van der Waals surface area contributed by atoms with Crippen LogP contribution in [-0.2, 0) is 4.79 Å². The van der Waals surface area contributed by atoms with Crippen LogP contribution in [0.4, 0.5) is 0 Å². The molecule has 1 aromatic heterocycles. The lowest BCUT2D eigenvalue weighted by molar-refractivity contribution is -0.131. The van der Waals surface area contributed by atoms with Crippen LogP contribution in [-0.4, -0.2) is 29.9 Å². The summed E-state index contributed by atoms with van der Waals surface area (Å²) in [6, 6.07) is 4.10. The van der Waals surface area contributed by atoms with Crippen molar-refractivity contribution >= 4 is 41.3 Å². The Hall–Kier alpha value is -0.290. The highest BCUT2D eigenvalue weighted by Gasteiger charge is 2.43. The summed E-state index contributed by atoms with van der Waals surface area (Å²) in [5, 5.41) is 0. The Morgan fingerprint density at radius 2 is 2.20 bits per heavy atom. The summed E-state index contributed by atoms with van der Waals surface area (Å²) >= 11 is 7.44. The first-order valence-corrected chi connectivity index (χ1v) is 8.05. The number of carbonyl (C=O) groups excluding carboxylic acids is 1. The smallest absolute Gasteiger partial charge is 0.230 e. The normalized spacial score (nSPS) is 29.9. The first-order chi connectivity index (χ1) is 9.06. The van der Waals surface area contributed by atoms with Crippen LogP contribution in [0.25, 0.3) is 0 Å². The van der Waals surface area contributed by atoms with E-state index < -0.39 is 0 Å². The second-order valence-electron chi connectivity index (χ2n) is 5.77. The molecule has 2 fully saturated rings. The number of nitrogens with zero attached hydrogens (tertiary/aromatic N) is 1. The van der Waals surface area contributed by atoms with Crippen LogP contribution in [0.5, 0.6) is 0 Å². The molecule has 0 spiro atoms. The van der Waals surface area contributed by atoms with E-state index in [-0.39, 0.29) is 30.3 Å². The van der Waals surface area contributed by atoms with Crippen molar-refractivity contribution in [2.24, 2.45) is 17.6 Å². The van der Waals surface area contributed by atoms with Gasteiger partial charge in [-0.25, -0.2) is 0 Å². The van der Waals surface area contributed by atoms with Crippen molar-refractivity contribution in [3.63, 3.8) is 0 Å². The van der Waals surface area contributed by atoms with Crippen LogP contribution in [0.1, 0.15) is 30.6 Å². The summed E-state index contributed by atoms with van der Waals surface area (Å²) < 4.78 is 0.745. The molecular weight excluding hydrogens is 315 g/mol. The Bertz CT molecular complexity index is 493. The molecule has 3 rings (SSSR count). The van der Waals surface area contributed by atoms with E-state index in [1.165, 1.54) is 17.8 Å². The molecule has 2 N–H and O–H groups in total. The molecule has 1 saturated carbocycles. The second-order valence-corrected chi connectivity index (χ2v) is 7.52. The van der Waals surface area contributed by atoms with Crippen molar-refractivity contribution in [3.8, 4) is 0 Å². The molecule has 112 valence electrons. The van der Waals surface area contributed by atoms with Crippen LogP contribution in [0.15, 0.2) is 12.1 Å². The summed E-state index contributed by atoms with van der Waals surface area (Å²) in [5.41, 5.74) is 6.12. The standard InChI is InChI=1S/C14H19ClN2OS.ClH/c1-8(12-4-5-13(15)19-12)14(18)17-6-9-2-3-11(16)10(9)7-17;/h4-5,8-11H,2-3,6-7,16H2,1H3;1H. The van der Waals surface area contributed by atoms with Crippen LogP contribution in [0.2, 0.25) is 4.34 Å². The van der Waals surface area contributed by atoms with Gasteiger partial charge < -0.3 is 10.6 Å². The van der Waals surface area contributed by atoms with Gasteiger partial charge in [0.15, 0.2) is 0 Å². The van der Waals surface area contributed by atoms with Gasteiger partial charge in [0.1, 0.15) is 0 Å². The van der Waals surface area contributed by atoms with Gasteiger partial charge in [0.2, 0.25) is 5.91 Å². The summed E-state index contributed by atoms with van der Waals surface area (Å²) in [4.78, 5) is 15.6. The van der Waals surface area contributed by atoms with Gasteiger partial charge in [0, 0.05) is 24.0 Å². The van der Waals surface area contributed by atoms with E-state index in [2.05, 4.69) is 0 Å². The predicted molar refractivity (Wildman–Crippen MR) is 85.8 cm³/mol. The lowest BCUT2D eigenvalue weighted by Gasteiger charge is -2.22. The minimum atomic E-state index is -0.0902. The Labute approximate surface area is 134 Å². The fraction of sp³-hybridized carbons (Fsp3) is 0.643. The summed E-state index contributed by atoms with van der Waals surface area (Å²) in [6.07, 6.45) is 2.29. The molecule has 0 bridgehead atoms. The molecule has 20 heavy (non-hydrogen) atoms. The molecule has 1 aromatic rings. The Kier molecular flexibility index (Phi) is 5.00. The largest absolute Gasteiger partial charge is 0.342 e. The topological polar surface area (TPSA) is 46.3 Å². The molecule has 1 aliphatic heterocycles. The third kappa shape index (κ3) is 2.84. The van der Waals surface area contributed by atoms with Crippen LogP contribution >= 0.6 is 35.3 Å². The first kappa shape index (κ1) is 16.1. The molecule has 4 unspecified atom stereocenters. The lowest BCUT2D eigenvalue weighted by Crippen LogP contribution is -2.35. The number of hydrogen-bond donors (Lipinski definition) is 1. The van der Waals surface area contributed by atoms with E-state index in [4.69, 9.17) is 17.3 Å². The van der Waals surface area contributed by atoms with Gasteiger partial charge in [-0.2, -0.15) is 0 Å². The van der Waals surface area contributed by atoms with E-state index in [0.29, 0.717) is 11.8 Å². The maximum atomic E-state index is 12.5. The van der Waals surface area contributed by atoms with Crippen LogP contribution in [0, 0.1) is 11.8 Å². The number of nitrogens with two attached hydrogens (primary N) is 1. The number of rotatable bonds is 2. The highest BCUT2D eigenvalue weighted by molar-refractivity contribution is 7.16. The van der Waals surface area contributed by atoms with E-state index >= 15 is 0 Å². The van der Waals surface area contributed by atoms with Gasteiger partial charge in [-0.05, 0) is 43.7 Å². The average Bonchev–Trinajstić information content (AvgIpc) is 3.06. The quantitative estimate of drug-likeness (QED) is 0.903. The molecule has 6 heteroatoms. The lowest BCUT2D eigenvalue weighted by atomic mass is 9.98. The Balaban J connectivity index is 0.00000147. The monoisotopic (exact) mass is 334 g/mol. The fourth-order valence-corrected chi connectivity index (χ4v) is 4.55. The van der Waals surface area contributed by atoms with Gasteiger partial charge in [0.05, 0.1) is 10.3 Å². The number of amides is 1. The number of fused-ring (bicyclic) bond motifs is 1. The zero-order valence-electron chi connectivity index (χ0n) is 11.4. The molecule has 2 heterocycles. The minimum Gasteiger partial charge on any atom is -0.342 e. The van der Waals surface area contributed by atoms with Gasteiger partial charge in [-0.1, -0.05) is 11.6 Å². The molecule has 2 aliphatic rings. The van der Waals surface area contributed by atoms with Gasteiger partial charge in [-0.3, -0.25) is 4.79 Å². The van der Waals surface area contributed by atoms with Crippen molar-refractivity contribution in [3.05, 3.63) is 21.3 Å². The van der Waals surface area contributed by atoms with Crippen LogP contribution < -0.4 is 5.73 Å². The van der Waals surface area contributed by atoms with Crippen molar-refractivity contribution in [1.82, 2.24) is 4.90 Å². The number of likely N-dealkylation sites (tertiary alicyclic amines) is 1. The number of hydrogen-bond acceptors (Lipinski definition) is 3. The van der Waals surface area contributed by atoms with Gasteiger partial charge >= 0.3 is 0 Å². The van der Waals surface area contributed by atoms with Crippen molar-refractivity contribution in [1.29, 1.82) is 0 Å². The van der Waals surface area contributed by atoms with E-state index in [1.54, 1.807) is 0 Å². The minimum absolute atomic E-state index is 0. The molecule has 1 aliphatic carbocycles. The molecule has 0 aromatic carbocycles. The molecular formula is C14H20Cl2N2OS. The number of thiophene rings is 1. The van der Waals surface area contributed by atoms with Crippen LogP contribution in [0.3, 0.4) is 0 Å². The summed E-state index contributed by atoms with van der Waals surface area (Å²) in [6.45, 7) is 3.70. The third-order valence-corrected chi connectivity index (χ3v) is 6.03. The molecule has 1 amide bonds. The van der Waals surface area contributed by atoms with E-state index in [1.807, 2.05) is 24.0 Å². The summed E-state index contributed by atoms with van der Waals surface area (Å²) in [7, 11) is 0. The van der Waals surface area contributed by atoms with Crippen molar-refractivity contribution in [2.45, 2.75) is 31.7 Å². The highest BCUT2D eigenvalue weighted by Crippen LogP contribution is 2.38. The fourth-order valence-electron chi connectivity index (χ4n) is 3.44. The molecule has 4 atom stereocenters. The first-order valence-electron chi connectivity index (χ1n) is 6.86. The zero-order chi connectivity index (χ0) is 13.6. The predicted octanol–water partition coefficient (Wildman–Crippen LogP) is 3.12. The Morgan fingerprint density at radius 3 is 2.80 bits per heavy atom. The Morgan fingerprint density at radius 1 is 1.45 bits per heavy atom. The second kappa shape index (κ2) is 6.22. The average molecular weight is 335 g/mol. The van der Waals surface area contributed by atoms with E-state index in [9.17, 15) is 4.79 Å². The number of carbonyl (C=O) groups is 1. The maximum absolute atomic E-state index is 12.5. The third-order valence-electron chi connectivity index (χ3n) is 4.62. The van der Waals surface area contributed by atoms with Gasteiger partial charge in [0.25, 0.3) is 0 Å². The molecule has 1 saturated heterocycles. The highest BCUT2D eigenvalue weighted by atomic mass is 35.5. The zero-order valence-corrected chi connectivity index (χ0v) is 13.8.